The first-order valence-corrected chi connectivity index (χ1v) is 38.2. The second kappa shape index (κ2) is 27.7. The molecule has 0 fully saturated rings. The zero-order valence-corrected chi connectivity index (χ0v) is 61.0. The van der Waals surface area contributed by atoms with Gasteiger partial charge in [-0.3, -0.25) is 0 Å². The monoisotopic (exact) mass is 1430 g/mol. The number of hydrogen-bond donors (Lipinski definition) is 0. The van der Waals surface area contributed by atoms with Crippen LogP contribution >= 0.6 is 0 Å². The smallest absolute Gasteiger partial charge is 0.252 e. The van der Waals surface area contributed by atoms with Gasteiger partial charge in [0.1, 0.15) is 0 Å². The average Bonchev–Trinajstić information content (AvgIpc) is 0.715. The van der Waals surface area contributed by atoms with Crippen molar-refractivity contribution in [2.45, 2.75) is 0 Å². The SMILES string of the molecule is c1ccc(-c2ccc(N3c4ccc(-c5ccccc5)cc4B4c5cc(-c6ccccc6)ccc5N(c5ccc(-c6ccccc6)cc5)c5cc(-c6ccc7c(c6)c6ccccc6n7-c6cc(-c7nc(-c8ccccc8)cc(-c8ccccc8)n7)ccc6-c6nc(-c7ccccc7)cc(-c7ccccc7)n6)cc3c54)cc2)cc1. The minimum atomic E-state index is -0.182. The second-order valence-electron chi connectivity index (χ2n) is 28.8. The van der Waals surface area contributed by atoms with Gasteiger partial charge in [-0.25, -0.2) is 19.9 Å². The standard InChI is InChI=1S/C104H68BN7/c1-9-27-69(28-10-1)73-45-53-84(54-46-73)110-97-59-51-80(71-31-13-3-14-32-71)62-89(97)105-90-63-81(72-33-15-4-16-34-72)52-60-98(90)111(85-55-47-74(48-56-85)70-29-11-2-12-30-70)101-66-83(65-100(110)102(101)105)79-50-58-96-88(61-79)86-43-25-26-44-95(86)112(96)99-64-82(103-106-91(75-35-17-5-18-36-75)67-92(107-103)76-37-19-6-20-38-76)49-57-87(99)104-108-93(77-39-21-7-22-40-77)68-94(109-104)78-41-23-8-24-42-78/h1-68H. The van der Waals surface area contributed by atoms with Gasteiger partial charge in [0.2, 0.25) is 0 Å². The van der Waals surface area contributed by atoms with E-state index in [2.05, 4.69) is 403 Å². The Morgan fingerprint density at radius 3 is 0.946 bits per heavy atom. The van der Waals surface area contributed by atoms with Gasteiger partial charge in [-0.1, -0.05) is 322 Å². The first-order valence-electron chi connectivity index (χ1n) is 38.2. The van der Waals surface area contributed by atoms with Gasteiger partial charge in [-0.2, -0.15) is 0 Å². The quantitative estimate of drug-likeness (QED) is 0.101. The van der Waals surface area contributed by atoms with Crippen molar-refractivity contribution in [2.75, 3.05) is 9.80 Å². The Bertz CT molecular complexity index is 6450. The minimum absolute atomic E-state index is 0.182. The Morgan fingerprint density at radius 1 is 0.196 bits per heavy atom. The maximum Gasteiger partial charge on any atom is 0.252 e. The van der Waals surface area contributed by atoms with Crippen LogP contribution in [-0.2, 0) is 0 Å². The molecule has 0 unspecified atom stereocenters. The lowest BCUT2D eigenvalue weighted by atomic mass is 9.33. The fraction of sp³-hybridized carbons (Fsp3) is 0. The van der Waals surface area contributed by atoms with Gasteiger partial charge in [0.05, 0.1) is 39.5 Å². The molecule has 522 valence electrons. The lowest BCUT2D eigenvalue weighted by molar-refractivity contribution is 1.13. The molecule has 0 saturated heterocycles. The number of aromatic nitrogens is 5. The first-order chi connectivity index (χ1) is 55.5. The third-order valence-electron chi connectivity index (χ3n) is 22.2. The van der Waals surface area contributed by atoms with Crippen molar-refractivity contribution in [2.24, 2.45) is 0 Å². The highest BCUT2D eigenvalue weighted by atomic mass is 15.2. The summed E-state index contributed by atoms with van der Waals surface area (Å²) in [5.74, 6) is 1.18. The molecule has 0 atom stereocenters. The van der Waals surface area contributed by atoms with Crippen molar-refractivity contribution in [1.29, 1.82) is 0 Å². The summed E-state index contributed by atoms with van der Waals surface area (Å²) in [4.78, 5) is 27.1. The van der Waals surface area contributed by atoms with E-state index in [9.17, 15) is 0 Å². The molecule has 0 radical (unpaired) electrons. The van der Waals surface area contributed by atoms with Gasteiger partial charge in [0.15, 0.2) is 11.6 Å². The van der Waals surface area contributed by atoms with E-state index in [1.54, 1.807) is 0 Å². The summed E-state index contributed by atoms with van der Waals surface area (Å²) < 4.78 is 2.41. The second-order valence-corrected chi connectivity index (χ2v) is 28.8. The van der Waals surface area contributed by atoms with Crippen LogP contribution < -0.4 is 26.2 Å². The molecule has 0 saturated carbocycles. The van der Waals surface area contributed by atoms with Crippen LogP contribution in [-0.4, -0.2) is 31.2 Å². The van der Waals surface area contributed by atoms with E-state index in [1.165, 1.54) is 49.8 Å². The zero-order chi connectivity index (χ0) is 74.0. The predicted molar refractivity (Wildman–Crippen MR) is 466 cm³/mol. The molecule has 7 nitrogen and oxygen atoms in total. The normalized spacial score (nSPS) is 12.1. The molecular weight excluding hydrogens is 1360 g/mol. The van der Waals surface area contributed by atoms with Crippen LogP contribution in [0, 0.1) is 0 Å². The van der Waals surface area contributed by atoms with Crippen molar-refractivity contribution < 1.29 is 0 Å². The van der Waals surface area contributed by atoms with Gasteiger partial charge in [-0.15, -0.1) is 0 Å². The third kappa shape index (κ3) is 11.7. The molecule has 16 aromatic carbocycles. The van der Waals surface area contributed by atoms with Crippen molar-refractivity contribution in [3.8, 4) is 129 Å². The summed E-state index contributed by atoms with van der Waals surface area (Å²) in [5, 5.41) is 2.19. The highest BCUT2D eigenvalue weighted by molar-refractivity contribution is 7.00. The number of benzene rings is 16. The van der Waals surface area contributed by atoms with Crippen molar-refractivity contribution in [3.63, 3.8) is 0 Å². The summed E-state index contributed by atoms with van der Waals surface area (Å²) in [5.41, 5.74) is 33.6. The molecule has 0 amide bonds. The molecule has 0 spiro atoms. The lowest BCUT2D eigenvalue weighted by Crippen LogP contribution is -2.61. The summed E-state index contributed by atoms with van der Waals surface area (Å²) >= 11 is 0. The van der Waals surface area contributed by atoms with Crippen LogP contribution in [0.1, 0.15) is 0 Å². The molecule has 2 aliphatic rings. The van der Waals surface area contributed by atoms with Crippen LogP contribution in [0.2, 0.25) is 0 Å². The molecule has 8 heteroatoms. The predicted octanol–water partition coefficient (Wildman–Crippen LogP) is 24.8. The van der Waals surface area contributed by atoms with Crippen LogP contribution in [0.3, 0.4) is 0 Å². The largest absolute Gasteiger partial charge is 0.311 e. The third-order valence-corrected chi connectivity index (χ3v) is 22.2. The van der Waals surface area contributed by atoms with E-state index in [4.69, 9.17) is 19.9 Å². The van der Waals surface area contributed by atoms with Gasteiger partial charge < -0.3 is 14.4 Å². The van der Waals surface area contributed by atoms with Crippen LogP contribution in [0.25, 0.3) is 151 Å². The maximum absolute atomic E-state index is 5.55. The highest BCUT2D eigenvalue weighted by Crippen LogP contribution is 2.49. The molecule has 5 heterocycles. The van der Waals surface area contributed by atoms with E-state index in [-0.39, 0.29) is 6.71 Å². The molecule has 19 aromatic rings. The van der Waals surface area contributed by atoms with Crippen LogP contribution in [0.5, 0.6) is 0 Å². The van der Waals surface area contributed by atoms with Crippen molar-refractivity contribution >= 4 is 79.0 Å². The number of rotatable bonds is 14. The fourth-order valence-corrected chi connectivity index (χ4v) is 16.8. The van der Waals surface area contributed by atoms with E-state index < -0.39 is 0 Å². The molecule has 0 N–H and O–H groups in total. The first kappa shape index (κ1) is 65.4. The Hall–Kier alpha value is -14.9. The molecule has 0 bridgehead atoms. The molecular formula is C104H68BN7. The number of fused-ring (bicyclic) bond motifs is 7. The van der Waals surface area contributed by atoms with E-state index >= 15 is 0 Å². The Balaban J connectivity index is 0.813. The van der Waals surface area contributed by atoms with Crippen LogP contribution in [0.4, 0.5) is 34.1 Å². The molecule has 2 aliphatic heterocycles. The maximum atomic E-state index is 5.55. The summed E-state index contributed by atoms with van der Waals surface area (Å²) in [6, 6.07) is 149. The Kier molecular flexibility index (Phi) is 16.2. The van der Waals surface area contributed by atoms with Crippen molar-refractivity contribution in [1.82, 2.24) is 24.5 Å². The minimum Gasteiger partial charge on any atom is -0.311 e. The summed E-state index contributed by atoms with van der Waals surface area (Å²) in [6.07, 6.45) is 0. The number of anilines is 6. The molecule has 0 aliphatic carbocycles. The summed E-state index contributed by atoms with van der Waals surface area (Å²) in [7, 11) is 0. The molecule has 3 aromatic heterocycles. The van der Waals surface area contributed by atoms with Gasteiger partial charge in [-0.05, 0) is 163 Å². The fourth-order valence-electron chi connectivity index (χ4n) is 16.8. The summed E-state index contributed by atoms with van der Waals surface area (Å²) in [6.45, 7) is -0.182. The van der Waals surface area contributed by atoms with Crippen LogP contribution in [0.15, 0.2) is 413 Å². The number of para-hydroxylation sites is 1. The average molecular weight is 1430 g/mol. The van der Waals surface area contributed by atoms with E-state index in [0.29, 0.717) is 11.6 Å². The number of hydrogen-bond acceptors (Lipinski definition) is 6. The molecule has 21 rings (SSSR count). The van der Waals surface area contributed by atoms with E-state index in [1.807, 2.05) is 24.3 Å². The molecule has 112 heavy (non-hydrogen) atoms. The zero-order valence-electron chi connectivity index (χ0n) is 61.0. The van der Waals surface area contributed by atoms with Gasteiger partial charge >= 0.3 is 0 Å². The van der Waals surface area contributed by atoms with Gasteiger partial charge in [0, 0.05) is 78.3 Å². The van der Waals surface area contributed by atoms with Crippen molar-refractivity contribution in [3.05, 3.63) is 413 Å². The highest BCUT2D eigenvalue weighted by Gasteiger charge is 2.44. The van der Waals surface area contributed by atoms with Gasteiger partial charge in [0.25, 0.3) is 6.71 Å². The van der Waals surface area contributed by atoms with E-state index in [0.717, 1.165) is 140 Å². The number of nitrogens with zero attached hydrogens (tertiary/aromatic N) is 7. The topological polar surface area (TPSA) is 63.0 Å². The lowest BCUT2D eigenvalue weighted by Gasteiger charge is -2.44. The Labute approximate surface area is 650 Å². The Morgan fingerprint density at radius 2 is 0.518 bits per heavy atom.